The minimum absolute atomic E-state index is 1.07. The van der Waals surface area contributed by atoms with Gasteiger partial charge < -0.3 is 9.80 Å². The van der Waals surface area contributed by atoms with Gasteiger partial charge in [0.2, 0.25) is 0 Å². The molecule has 2 aromatic rings. The van der Waals surface area contributed by atoms with Crippen LogP contribution in [0, 0.1) is 0 Å². The van der Waals surface area contributed by atoms with Crippen molar-refractivity contribution in [3.63, 3.8) is 0 Å². The van der Waals surface area contributed by atoms with Gasteiger partial charge in [0.05, 0.1) is 0 Å². The van der Waals surface area contributed by atoms with E-state index in [9.17, 15) is 0 Å². The molecule has 0 aliphatic carbocycles. The maximum Gasteiger partial charge on any atom is 0.0240 e. The summed E-state index contributed by atoms with van der Waals surface area (Å²) in [6, 6.07) is 18.0. The predicted octanol–water partition coefficient (Wildman–Crippen LogP) is 3.23. The van der Waals surface area contributed by atoms with Gasteiger partial charge in [-0.2, -0.15) is 0 Å². The zero-order valence-corrected chi connectivity index (χ0v) is 16.0. The Morgan fingerprint density at radius 1 is 0.654 bits per heavy atom. The molecule has 26 heavy (non-hydrogen) atoms. The van der Waals surface area contributed by atoms with Crippen LogP contribution in [0.4, 0.5) is 0 Å². The number of hydrogen-bond acceptors (Lipinski definition) is 3. The zero-order chi connectivity index (χ0) is 17.8. The van der Waals surface area contributed by atoms with Gasteiger partial charge in [0.25, 0.3) is 0 Å². The fourth-order valence-corrected chi connectivity index (χ4v) is 4.26. The van der Waals surface area contributed by atoms with Crippen LogP contribution in [-0.2, 0) is 19.5 Å². The fourth-order valence-electron chi connectivity index (χ4n) is 4.26. The van der Waals surface area contributed by atoms with Gasteiger partial charge in [0, 0.05) is 45.8 Å². The molecule has 0 aromatic heterocycles. The molecule has 3 nitrogen and oxygen atoms in total. The molecule has 1 saturated heterocycles. The van der Waals surface area contributed by atoms with E-state index in [0.717, 1.165) is 19.5 Å². The van der Waals surface area contributed by atoms with Gasteiger partial charge in [-0.15, -0.1) is 0 Å². The first-order valence-corrected chi connectivity index (χ1v) is 10.0. The quantitative estimate of drug-likeness (QED) is 0.839. The third-order valence-electron chi connectivity index (χ3n) is 5.95. The first-order chi connectivity index (χ1) is 12.8. The minimum Gasteiger partial charge on any atom is -0.304 e. The molecule has 4 rings (SSSR count). The second-order valence-electron chi connectivity index (χ2n) is 7.92. The smallest absolute Gasteiger partial charge is 0.0240 e. The third-order valence-corrected chi connectivity index (χ3v) is 5.95. The van der Waals surface area contributed by atoms with Crippen LogP contribution in [0.1, 0.15) is 28.7 Å². The van der Waals surface area contributed by atoms with E-state index >= 15 is 0 Å². The lowest BCUT2D eigenvalue weighted by molar-refractivity contribution is 0.144. The summed E-state index contributed by atoms with van der Waals surface area (Å²) in [6.45, 7) is 9.43. The molecule has 138 valence electrons. The van der Waals surface area contributed by atoms with Gasteiger partial charge >= 0.3 is 0 Å². The molecule has 0 bridgehead atoms. The molecular formula is C23H31N3. The largest absolute Gasteiger partial charge is 0.304 e. The zero-order valence-electron chi connectivity index (χ0n) is 16.0. The van der Waals surface area contributed by atoms with Crippen molar-refractivity contribution in [2.24, 2.45) is 0 Å². The van der Waals surface area contributed by atoms with Gasteiger partial charge in [-0.25, -0.2) is 0 Å². The molecule has 0 saturated carbocycles. The van der Waals surface area contributed by atoms with Crippen LogP contribution < -0.4 is 0 Å². The second kappa shape index (κ2) is 8.34. The van der Waals surface area contributed by atoms with Crippen LogP contribution >= 0.6 is 0 Å². The topological polar surface area (TPSA) is 9.72 Å². The van der Waals surface area contributed by atoms with E-state index < -0.39 is 0 Å². The van der Waals surface area contributed by atoms with E-state index in [1.807, 2.05) is 0 Å². The van der Waals surface area contributed by atoms with Crippen LogP contribution in [-0.4, -0.2) is 61.0 Å². The lowest BCUT2D eigenvalue weighted by Crippen LogP contribution is -2.45. The number of hydrogen-bond donors (Lipinski definition) is 0. The van der Waals surface area contributed by atoms with E-state index in [1.165, 1.54) is 67.9 Å². The normalized spacial score (nSPS) is 19.4. The molecule has 3 heteroatoms. The van der Waals surface area contributed by atoms with E-state index in [2.05, 4.69) is 70.3 Å². The third kappa shape index (κ3) is 4.35. The van der Waals surface area contributed by atoms with Crippen LogP contribution in [0.25, 0.3) is 0 Å². The number of fused-ring (bicyclic) bond motifs is 2. The summed E-state index contributed by atoms with van der Waals surface area (Å²) >= 11 is 0. The van der Waals surface area contributed by atoms with Crippen molar-refractivity contribution in [3.05, 3.63) is 70.8 Å². The Morgan fingerprint density at radius 3 is 1.73 bits per heavy atom. The van der Waals surface area contributed by atoms with Crippen molar-refractivity contribution in [1.29, 1.82) is 0 Å². The number of piperazine rings is 1. The lowest BCUT2D eigenvalue weighted by atomic mass is 9.93. The maximum atomic E-state index is 2.65. The Kier molecular flexibility index (Phi) is 5.68. The fraction of sp³-hybridized carbons (Fsp3) is 0.478. The number of likely N-dealkylation sites (N-methyl/N-ethyl adjacent to an activating group) is 1. The maximum absolute atomic E-state index is 2.65. The molecule has 0 atom stereocenters. The Bertz CT molecular complexity index is 671. The van der Waals surface area contributed by atoms with E-state index in [4.69, 9.17) is 0 Å². The van der Waals surface area contributed by atoms with Gasteiger partial charge in [0.1, 0.15) is 0 Å². The SMILES string of the molecule is CN1CCN(CCCN2Cc3ccccc3Cc3ccccc3C2)CC1. The molecule has 2 heterocycles. The molecule has 0 amide bonds. The highest BCUT2D eigenvalue weighted by Crippen LogP contribution is 2.24. The first kappa shape index (κ1) is 17.7. The molecule has 2 aliphatic heterocycles. The Morgan fingerprint density at radius 2 is 1.15 bits per heavy atom. The summed E-state index contributed by atoms with van der Waals surface area (Å²) in [7, 11) is 2.23. The average molecular weight is 350 g/mol. The Labute approximate surface area is 158 Å². The molecule has 0 unspecified atom stereocenters. The van der Waals surface area contributed by atoms with Crippen molar-refractivity contribution < 1.29 is 0 Å². The monoisotopic (exact) mass is 349 g/mol. The molecule has 2 aliphatic rings. The highest BCUT2D eigenvalue weighted by Gasteiger charge is 2.17. The van der Waals surface area contributed by atoms with Crippen molar-refractivity contribution in [2.45, 2.75) is 25.9 Å². The molecule has 0 radical (unpaired) electrons. The van der Waals surface area contributed by atoms with Crippen LogP contribution in [0.3, 0.4) is 0 Å². The average Bonchev–Trinajstić information content (AvgIpc) is 2.64. The summed E-state index contributed by atoms with van der Waals surface area (Å²) in [5.41, 5.74) is 5.98. The van der Waals surface area contributed by atoms with Crippen molar-refractivity contribution in [2.75, 3.05) is 46.3 Å². The van der Waals surface area contributed by atoms with Crippen LogP contribution in [0.15, 0.2) is 48.5 Å². The van der Waals surface area contributed by atoms with Gasteiger partial charge in [-0.1, -0.05) is 48.5 Å². The Balaban J connectivity index is 1.43. The van der Waals surface area contributed by atoms with Crippen LogP contribution in [0.2, 0.25) is 0 Å². The Hall–Kier alpha value is -1.68. The minimum atomic E-state index is 1.07. The van der Waals surface area contributed by atoms with E-state index in [1.54, 1.807) is 0 Å². The standard InChI is InChI=1S/C23H31N3/c1-24-13-15-25(16-14-24)11-6-12-26-18-22-9-4-2-7-20(22)17-21-8-3-5-10-23(21)19-26/h2-5,7-10H,6,11-19H2,1H3. The second-order valence-corrected chi connectivity index (χ2v) is 7.92. The van der Waals surface area contributed by atoms with E-state index in [-0.39, 0.29) is 0 Å². The number of rotatable bonds is 4. The van der Waals surface area contributed by atoms with Gasteiger partial charge in [0.15, 0.2) is 0 Å². The first-order valence-electron chi connectivity index (χ1n) is 10.0. The van der Waals surface area contributed by atoms with Gasteiger partial charge in [-0.05, 0) is 48.7 Å². The highest BCUT2D eigenvalue weighted by atomic mass is 15.2. The van der Waals surface area contributed by atoms with E-state index in [0.29, 0.717) is 0 Å². The molecular weight excluding hydrogens is 318 g/mol. The van der Waals surface area contributed by atoms with Crippen molar-refractivity contribution in [3.8, 4) is 0 Å². The summed E-state index contributed by atoms with van der Waals surface area (Å²) in [5, 5.41) is 0. The molecule has 0 N–H and O–H groups in total. The summed E-state index contributed by atoms with van der Waals surface area (Å²) < 4.78 is 0. The van der Waals surface area contributed by atoms with Gasteiger partial charge in [-0.3, -0.25) is 4.90 Å². The van der Waals surface area contributed by atoms with Crippen LogP contribution in [0.5, 0.6) is 0 Å². The number of nitrogens with zero attached hydrogens (tertiary/aromatic N) is 3. The summed E-state index contributed by atoms with van der Waals surface area (Å²) in [5.74, 6) is 0. The molecule has 1 fully saturated rings. The highest BCUT2D eigenvalue weighted by molar-refractivity contribution is 5.38. The predicted molar refractivity (Wildman–Crippen MR) is 108 cm³/mol. The van der Waals surface area contributed by atoms with Crippen molar-refractivity contribution in [1.82, 2.24) is 14.7 Å². The molecule has 2 aromatic carbocycles. The summed E-state index contributed by atoms with van der Waals surface area (Å²) in [6.07, 6.45) is 2.33. The van der Waals surface area contributed by atoms with Crippen molar-refractivity contribution >= 4 is 0 Å². The molecule has 0 spiro atoms. The number of benzene rings is 2. The summed E-state index contributed by atoms with van der Waals surface area (Å²) in [4.78, 5) is 7.71. The lowest BCUT2D eigenvalue weighted by Gasteiger charge is -2.33.